The minimum absolute atomic E-state index is 0.376. The smallest absolute Gasteiger partial charge is 0.409 e. The lowest BCUT2D eigenvalue weighted by molar-refractivity contribution is 0.108. The van der Waals surface area contributed by atoms with Crippen LogP contribution in [-0.4, -0.2) is 40.5 Å². The van der Waals surface area contributed by atoms with Crippen molar-refractivity contribution in [3.05, 3.63) is 17.7 Å². The van der Waals surface area contributed by atoms with Gasteiger partial charge in [-0.15, -0.1) is 0 Å². The molecular weight excluding hydrogens is 198 g/mol. The highest BCUT2D eigenvalue weighted by atomic mass is 16.5. The Bertz CT molecular complexity index is 399. The maximum Gasteiger partial charge on any atom is 0.409 e. The van der Waals surface area contributed by atoms with Crippen LogP contribution in [0.3, 0.4) is 0 Å². The summed E-state index contributed by atoms with van der Waals surface area (Å²) in [6.45, 7) is 1.60. The SMILES string of the molecule is COC(=O)N1CCn2cnc(C=O)c2C1. The predicted octanol–water partition coefficient (Wildman–Crippen LogP) is 0.278. The highest BCUT2D eigenvalue weighted by molar-refractivity contribution is 5.74. The van der Waals surface area contributed by atoms with Crippen LogP contribution in [0.2, 0.25) is 0 Å². The summed E-state index contributed by atoms with van der Waals surface area (Å²) in [4.78, 5) is 27.5. The van der Waals surface area contributed by atoms with Crippen LogP contribution >= 0.6 is 0 Å². The number of rotatable bonds is 1. The second kappa shape index (κ2) is 3.72. The summed E-state index contributed by atoms with van der Waals surface area (Å²) in [5, 5.41) is 0. The fraction of sp³-hybridized carbons (Fsp3) is 0.444. The Morgan fingerprint density at radius 1 is 1.60 bits per heavy atom. The molecule has 0 saturated heterocycles. The van der Waals surface area contributed by atoms with Gasteiger partial charge in [0.15, 0.2) is 6.29 Å². The van der Waals surface area contributed by atoms with Gasteiger partial charge in [0.05, 0.1) is 25.7 Å². The number of ether oxygens (including phenoxy) is 1. The van der Waals surface area contributed by atoms with Crippen LogP contribution in [0, 0.1) is 0 Å². The average molecular weight is 209 g/mol. The van der Waals surface area contributed by atoms with Gasteiger partial charge in [-0.05, 0) is 0 Å². The van der Waals surface area contributed by atoms with E-state index >= 15 is 0 Å². The number of aldehydes is 1. The lowest BCUT2D eigenvalue weighted by Crippen LogP contribution is -2.38. The van der Waals surface area contributed by atoms with E-state index in [1.54, 1.807) is 11.2 Å². The van der Waals surface area contributed by atoms with Gasteiger partial charge in [-0.1, -0.05) is 0 Å². The Labute approximate surface area is 86.5 Å². The van der Waals surface area contributed by atoms with E-state index in [-0.39, 0.29) is 6.09 Å². The lowest BCUT2D eigenvalue weighted by atomic mass is 10.2. The quantitative estimate of drug-likeness (QED) is 0.623. The molecular formula is C9H11N3O3. The molecule has 0 aliphatic carbocycles. The van der Waals surface area contributed by atoms with E-state index in [2.05, 4.69) is 9.72 Å². The predicted molar refractivity (Wildman–Crippen MR) is 50.4 cm³/mol. The van der Waals surface area contributed by atoms with E-state index in [1.165, 1.54) is 7.11 Å². The minimum Gasteiger partial charge on any atom is -0.453 e. The van der Waals surface area contributed by atoms with Gasteiger partial charge in [0.2, 0.25) is 0 Å². The van der Waals surface area contributed by atoms with E-state index in [4.69, 9.17) is 0 Å². The summed E-state index contributed by atoms with van der Waals surface area (Å²) in [5.41, 5.74) is 1.16. The molecule has 0 fully saturated rings. The first-order valence-corrected chi connectivity index (χ1v) is 4.58. The molecule has 0 N–H and O–H groups in total. The average Bonchev–Trinajstić information content (AvgIpc) is 2.69. The molecule has 1 aromatic rings. The largest absolute Gasteiger partial charge is 0.453 e. The van der Waals surface area contributed by atoms with Crippen LogP contribution in [0.1, 0.15) is 16.2 Å². The van der Waals surface area contributed by atoms with Gasteiger partial charge in [0.25, 0.3) is 0 Å². The standard InChI is InChI=1S/C9H11N3O3/c1-15-9(14)11-2-3-12-6-10-7(5-13)8(12)4-11/h5-6H,2-4H2,1H3. The van der Waals surface area contributed by atoms with Gasteiger partial charge < -0.3 is 14.2 Å². The zero-order chi connectivity index (χ0) is 10.8. The van der Waals surface area contributed by atoms with Crippen molar-refractivity contribution in [3.63, 3.8) is 0 Å². The molecule has 0 bridgehead atoms. The topological polar surface area (TPSA) is 64.4 Å². The Morgan fingerprint density at radius 3 is 3.07 bits per heavy atom. The van der Waals surface area contributed by atoms with Crippen LogP contribution < -0.4 is 0 Å². The second-order valence-electron chi connectivity index (χ2n) is 3.28. The van der Waals surface area contributed by atoms with Crippen molar-refractivity contribution in [1.29, 1.82) is 0 Å². The number of nitrogens with zero attached hydrogens (tertiary/aromatic N) is 3. The Morgan fingerprint density at radius 2 is 2.40 bits per heavy atom. The molecule has 1 aliphatic heterocycles. The third kappa shape index (κ3) is 1.58. The summed E-state index contributed by atoms with van der Waals surface area (Å²) in [5.74, 6) is 0. The molecule has 80 valence electrons. The van der Waals surface area contributed by atoms with Crippen molar-refractivity contribution >= 4 is 12.4 Å². The van der Waals surface area contributed by atoms with Gasteiger partial charge in [-0.3, -0.25) is 4.79 Å². The fourth-order valence-electron chi connectivity index (χ4n) is 1.66. The van der Waals surface area contributed by atoms with Gasteiger partial charge in [-0.25, -0.2) is 9.78 Å². The van der Waals surface area contributed by atoms with Gasteiger partial charge in [-0.2, -0.15) is 0 Å². The third-order valence-electron chi connectivity index (χ3n) is 2.47. The summed E-state index contributed by atoms with van der Waals surface area (Å²) < 4.78 is 6.50. The van der Waals surface area contributed by atoms with Crippen LogP contribution in [0.25, 0.3) is 0 Å². The zero-order valence-corrected chi connectivity index (χ0v) is 8.34. The van der Waals surface area contributed by atoms with Gasteiger partial charge >= 0.3 is 6.09 Å². The van der Waals surface area contributed by atoms with Crippen molar-refractivity contribution in [2.45, 2.75) is 13.1 Å². The summed E-state index contributed by atoms with van der Waals surface area (Å²) in [7, 11) is 1.34. The number of imidazole rings is 1. The van der Waals surface area contributed by atoms with Crippen LogP contribution in [0.15, 0.2) is 6.33 Å². The van der Waals surface area contributed by atoms with E-state index in [9.17, 15) is 9.59 Å². The number of hydrogen-bond donors (Lipinski definition) is 0. The molecule has 2 heterocycles. The Hall–Kier alpha value is -1.85. The Kier molecular flexibility index (Phi) is 2.40. The molecule has 2 rings (SSSR count). The van der Waals surface area contributed by atoms with Crippen LogP contribution in [0.4, 0.5) is 4.79 Å². The highest BCUT2D eigenvalue weighted by Crippen LogP contribution is 2.15. The molecule has 15 heavy (non-hydrogen) atoms. The van der Waals surface area contributed by atoms with Crippen molar-refractivity contribution in [1.82, 2.24) is 14.5 Å². The maximum absolute atomic E-state index is 11.3. The number of carbonyl (C=O) groups excluding carboxylic acids is 2. The number of amides is 1. The summed E-state index contributed by atoms with van der Waals surface area (Å²) >= 11 is 0. The second-order valence-corrected chi connectivity index (χ2v) is 3.28. The molecule has 0 unspecified atom stereocenters. The number of methoxy groups -OCH3 is 1. The number of fused-ring (bicyclic) bond motifs is 1. The molecule has 1 amide bonds. The third-order valence-corrected chi connectivity index (χ3v) is 2.47. The Balaban J connectivity index is 2.24. The van der Waals surface area contributed by atoms with Crippen molar-refractivity contribution < 1.29 is 14.3 Å². The monoisotopic (exact) mass is 209 g/mol. The van der Waals surface area contributed by atoms with Crippen molar-refractivity contribution in [2.75, 3.05) is 13.7 Å². The van der Waals surface area contributed by atoms with E-state index < -0.39 is 0 Å². The fourth-order valence-corrected chi connectivity index (χ4v) is 1.66. The summed E-state index contributed by atoms with van der Waals surface area (Å²) in [6.07, 6.45) is 1.94. The highest BCUT2D eigenvalue weighted by Gasteiger charge is 2.23. The maximum atomic E-state index is 11.3. The molecule has 0 spiro atoms. The zero-order valence-electron chi connectivity index (χ0n) is 8.34. The minimum atomic E-state index is -0.376. The molecule has 6 heteroatoms. The van der Waals surface area contributed by atoms with E-state index in [0.29, 0.717) is 31.6 Å². The molecule has 0 radical (unpaired) electrons. The van der Waals surface area contributed by atoms with Crippen LogP contribution in [-0.2, 0) is 17.8 Å². The van der Waals surface area contributed by atoms with E-state index in [1.807, 2.05) is 4.57 Å². The summed E-state index contributed by atoms with van der Waals surface area (Å²) in [6, 6.07) is 0. The van der Waals surface area contributed by atoms with Crippen molar-refractivity contribution in [3.8, 4) is 0 Å². The molecule has 0 atom stereocenters. The molecule has 1 aromatic heterocycles. The molecule has 0 aromatic carbocycles. The molecule has 6 nitrogen and oxygen atoms in total. The first-order valence-electron chi connectivity index (χ1n) is 4.58. The van der Waals surface area contributed by atoms with E-state index in [0.717, 1.165) is 5.69 Å². The van der Waals surface area contributed by atoms with Gasteiger partial charge in [0.1, 0.15) is 5.69 Å². The molecule has 1 aliphatic rings. The van der Waals surface area contributed by atoms with Gasteiger partial charge in [0, 0.05) is 13.1 Å². The normalized spacial score (nSPS) is 14.6. The number of carbonyl (C=O) groups is 2. The lowest BCUT2D eigenvalue weighted by Gasteiger charge is -2.26. The molecule has 0 saturated carbocycles. The number of aromatic nitrogens is 2. The first kappa shape index (κ1) is 9.70. The van der Waals surface area contributed by atoms with Crippen LogP contribution in [0.5, 0.6) is 0 Å². The van der Waals surface area contributed by atoms with Crippen molar-refractivity contribution in [2.24, 2.45) is 0 Å². The first-order chi connectivity index (χ1) is 7.26. The number of hydrogen-bond acceptors (Lipinski definition) is 4.